The zero-order valence-electron chi connectivity index (χ0n) is 19.6. The van der Waals surface area contributed by atoms with Gasteiger partial charge >= 0.3 is 0 Å². The Morgan fingerprint density at radius 3 is 2.51 bits per heavy atom. The minimum Gasteiger partial charge on any atom is -0.335 e. The fourth-order valence-corrected chi connectivity index (χ4v) is 5.60. The summed E-state index contributed by atoms with van der Waals surface area (Å²) in [5.41, 5.74) is 7.37. The molecule has 5 rings (SSSR count). The molecule has 3 unspecified atom stereocenters. The Labute approximate surface area is 203 Å². The van der Waals surface area contributed by atoms with Crippen molar-refractivity contribution in [2.45, 2.75) is 38.1 Å². The molecule has 2 aromatic rings. The van der Waals surface area contributed by atoms with Crippen molar-refractivity contribution >= 4 is 17.7 Å². The number of hydrogen-bond donors (Lipinski definition) is 2. The first-order valence-electron chi connectivity index (χ1n) is 12.3. The summed E-state index contributed by atoms with van der Waals surface area (Å²) in [5, 5.41) is 0. The lowest BCUT2D eigenvalue weighted by Gasteiger charge is -2.41. The molecule has 3 fully saturated rings. The van der Waals surface area contributed by atoms with E-state index in [-0.39, 0.29) is 41.2 Å². The smallest absolute Gasteiger partial charge is 0.256 e. The molecule has 2 aliphatic heterocycles. The third-order valence-electron chi connectivity index (χ3n) is 7.53. The summed E-state index contributed by atoms with van der Waals surface area (Å²) in [6, 6.07) is 8.19. The first-order valence-corrected chi connectivity index (χ1v) is 12.3. The third kappa shape index (κ3) is 4.91. The normalized spacial score (nSPS) is 24.5. The molecule has 3 heterocycles. The van der Waals surface area contributed by atoms with Crippen molar-refractivity contribution in [3.8, 4) is 0 Å². The van der Waals surface area contributed by atoms with Crippen LogP contribution in [0.15, 0.2) is 42.7 Å². The van der Waals surface area contributed by atoms with Crippen LogP contribution in [0.5, 0.6) is 0 Å². The van der Waals surface area contributed by atoms with Crippen molar-refractivity contribution in [3.63, 3.8) is 0 Å². The van der Waals surface area contributed by atoms with Crippen LogP contribution in [-0.2, 0) is 11.2 Å². The van der Waals surface area contributed by atoms with Crippen LogP contribution in [0, 0.1) is 17.7 Å². The standard InChI is InChI=1S/C26H30FN5O3/c27-22-8-7-17(15-23-19-5-1-2-6-20(19)24(33)30-29-23)14-21(22)26(35)32-12-10-31(11-13-32)25(34)18-4-3-9-28-16-18/h3-4,7-9,14,16,19-20,23,29H,1-2,5-6,10-13,15H2,(H,30,33). The molecule has 3 amide bonds. The number of benzene rings is 1. The summed E-state index contributed by atoms with van der Waals surface area (Å²) in [7, 11) is 0. The SMILES string of the molecule is O=C1NNC(Cc2ccc(F)c(C(=O)N3CCN(C(=O)c4cccnc4)CC3)c2)C2CCCCC12. The van der Waals surface area contributed by atoms with Gasteiger partial charge in [-0.25, -0.2) is 9.82 Å². The predicted molar refractivity (Wildman–Crippen MR) is 127 cm³/mol. The maximum atomic E-state index is 14.7. The second-order valence-corrected chi connectivity index (χ2v) is 9.64. The summed E-state index contributed by atoms with van der Waals surface area (Å²) in [6.45, 7) is 1.45. The monoisotopic (exact) mass is 479 g/mol. The molecule has 9 heteroatoms. The Hall–Kier alpha value is -3.33. The van der Waals surface area contributed by atoms with E-state index in [0.29, 0.717) is 38.2 Å². The first-order chi connectivity index (χ1) is 17.0. The molecular formula is C26H30FN5O3. The molecule has 35 heavy (non-hydrogen) atoms. The van der Waals surface area contributed by atoms with E-state index < -0.39 is 5.82 Å². The molecule has 0 bridgehead atoms. The van der Waals surface area contributed by atoms with E-state index in [0.717, 1.165) is 31.2 Å². The Bertz CT molecular complexity index is 1100. The molecule has 1 aromatic heterocycles. The van der Waals surface area contributed by atoms with Crippen molar-refractivity contribution in [3.05, 3.63) is 65.2 Å². The summed E-state index contributed by atoms with van der Waals surface area (Å²) >= 11 is 0. The van der Waals surface area contributed by atoms with Gasteiger partial charge in [-0.05, 0) is 55.0 Å². The summed E-state index contributed by atoms with van der Waals surface area (Å²) < 4.78 is 14.7. The second-order valence-electron chi connectivity index (χ2n) is 9.64. The fraction of sp³-hybridized carbons (Fsp3) is 0.462. The van der Waals surface area contributed by atoms with Crippen LogP contribution in [-0.4, -0.2) is 64.7 Å². The van der Waals surface area contributed by atoms with E-state index >= 15 is 0 Å². The number of hydrogen-bond acceptors (Lipinski definition) is 5. The molecule has 0 radical (unpaired) electrons. The number of pyridine rings is 1. The van der Waals surface area contributed by atoms with E-state index in [4.69, 9.17) is 0 Å². The largest absolute Gasteiger partial charge is 0.335 e. The molecule has 3 aliphatic rings. The molecule has 1 aromatic carbocycles. The average Bonchev–Trinajstić information content (AvgIpc) is 2.91. The third-order valence-corrected chi connectivity index (χ3v) is 7.53. The zero-order chi connectivity index (χ0) is 24.4. The number of carbonyl (C=O) groups is 3. The number of piperazine rings is 1. The highest BCUT2D eigenvalue weighted by molar-refractivity contribution is 5.96. The minimum atomic E-state index is -0.548. The van der Waals surface area contributed by atoms with Crippen molar-refractivity contribution in [2.75, 3.05) is 26.2 Å². The number of rotatable bonds is 4. The van der Waals surface area contributed by atoms with Gasteiger partial charge in [0, 0.05) is 50.5 Å². The van der Waals surface area contributed by atoms with Crippen LogP contribution in [0.1, 0.15) is 52.0 Å². The molecule has 184 valence electrons. The van der Waals surface area contributed by atoms with Gasteiger partial charge in [0.15, 0.2) is 0 Å². The average molecular weight is 480 g/mol. The number of nitrogens with zero attached hydrogens (tertiary/aromatic N) is 3. The number of hydrazine groups is 1. The van der Waals surface area contributed by atoms with Crippen LogP contribution < -0.4 is 10.9 Å². The Morgan fingerprint density at radius 1 is 1.03 bits per heavy atom. The van der Waals surface area contributed by atoms with Crippen LogP contribution in [0.2, 0.25) is 0 Å². The van der Waals surface area contributed by atoms with E-state index in [1.165, 1.54) is 12.3 Å². The molecule has 2 N–H and O–H groups in total. The number of halogens is 1. The van der Waals surface area contributed by atoms with Gasteiger partial charge < -0.3 is 9.80 Å². The molecular weight excluding hydrogens is 449 g/mol. The summed E-state index contributed by atoms with van der Waals surface area (Å²) in [6.07, 6.45) is 7.82. The van der Waals surface area contributed by atoms with Crippen LogP contribution in [0.4, 0.5) is 4.39 Å². The Balaban J connectivity index is 1.24. The van der Waals surface area contributed by atoms with Gasteiger partial charge in [-0.15, -0.1) is 0 Å². The van der Waals surface area contributed by atoms with Gasteiger partial charge in [0.1, 0.15) is 5.82 Å². The highest BCUT2D eigenvalue weighted by Gasteiger charge is 2.40. The highest BCUT2D eigenvalue weighted by atomic mass is 19.1. The van der Waals surface area contributed by atoms with Gasteiger partial charge in [-0.3, -0.25) is 24.8 Å². The van der Waals surface area contributed by atoms with Gasteiger partial charge in [-0.1, -0.05) is 18.9 Å². The number of carbonyl (C=O) groups excluding carboxylic acids is 3. The van der Waals surface area contributed by atoms with Crippen LogP contribution in [0.3, 0.4) is 0 Å². The van der Waals surface area contributed by atoms with Crippen molar-refractivity contribution in [2.24, 2.45) is 11.8 Å². The molecule has 1 aliphatic carbocycles. The van der Waals surface area contributed by atoms with Crippen molar-refractivity contribution in [1.82, 2.24) is 25.6 Å². The highest BCUT2D eigenvalue weighted by Crippen LogP contribution is 2.35. The summed E-state index contributed by atoms with van der Waals surface area (Å²) in [4.78, 5) is 45.3. The lowest BCUT2D eigenvalue weighted by atomic mass is 9.72. The number of nitrogens with one attached hydrogen (secondary N) is 2. The van der Waals surface area contributed by atoms with Crippen LogP contribution >= 0.6 is 0 Å². The van der Waals surface area contributed by atoms with Gasteiger partial charge in [0.05, 0.1) is 11.1 Å². The zero-order valence-corrected chi connectivity index (χ0v) is 19.6. The van der Waals surface area contributed by atoms with E-state index in [1.807, 2.05) is 0 Å². The minimum absolute atomic E-state index is 0.0159. The van der Waals surface area contributed by atoms with Crippen molar-refractivity contribution in [1.29, 1.82) is 0 Å². The lowest BCUT2D eigenvalue weighted by Crippen LogP contribution is -2.60. The van der Waals surface area contributed by atoms with Crippen molar-refractivity contribution < 1.29 is 18.8 Å². The Morgan fingerprint density at radius 2 is 1.77 bits per heavy atom. The van der Waals surface area contributed by atoms with E-state index in [9.17, 15) is 18.8 Å². The molecule has 8 nitrogen and oxygen atoms in total. The number of amides is 3. The first kappa shape index (κ1) is 23.4. The van der Waals surface area contributed by atoms with E-state index in [1.54, 1.807) is 40.3 Å². The van der Waals surface area contributed by atoms with Gasteiger partial charge in [0.2, 0.25) is 5.91 Å². The quantitative estimate of drug-likeness (QED) is 0.701. The topological polar surface area (TPSA) is 94.6 Å². The number of fused-ring (bicyclic) bond motifs is 1. The molecule has 3 atom stereocenters. The molecule has 1 saturated carbocycles. The lowest BCUT2D eigenvalue weighted by molar-refractivity contribution is -0.133. The summed E-state index contributed by atoms with van der Waals surface area (Å²) in [5.74, 6) is -0.714. The maximum absolute atomic E-state index is 14.7. The molecule has 0 spiro atoms. The second kappa shape index (κ2) is 10.1. The van der Waals surface area contributed by atoms with Gasteiger partial charge in [0.25, 0.3) is 11.8 Å². The molecule has 2 saturated heterocycles. The maximum Gasteiger partial charge on any atom is 0.256 e. The number of aromatic nitrogens is 1. The van der Waals surface area contributed by atoms with Gasteiger partial charge in [-0.2, -0.15) is 0 Å². The van der Waals surface area contributed by atoms with Crippen LogP contribution in [0.25, 0.3) is 0 Å². The predicted octanol–water partition coefficient (Wildman–Crippen LogP) is 2.17. The van der Waals surface area contributed by atoms with E-state index in [2.05, 4.69) is 15.8 Å². The fourth-order valence-electron chi connectivity index (χ4n) is 5.60. The Kier molecular flexibility index (Phi) is 6.77.